The molecule has 0 saturated heterocycles. The minimum Gasteiger partial charge on any atom is -0.461 e. The van der Waals surface area contributed by atoms with Crippen LogP contribution in [0.2, 0.25) is 0 Å². The van der Waals surface area contributed by atoms with Crippen molar-refractivity contribution in [2.45, 2.75) is 26.7 Å². The van der Waals surface area contributed by atoms with Crippen LogP contribution in [0, 0.1) is 0 Å². The minimum atomic E-state index is -0.333. The summed E-state index contributed by atoms with van der Waals surface area (Å²) in [7, 11) is 0. The second-order valence-electron chi connectivity index (χ2n) is 5.02. The summed E-state index contributed by atoms with van der Waals surface area (Å²) < 4.78 is 7.07. The van der Waals surface area contributed by atoms with Gasteiger partial charge in [0.25, 0.3) is 0 Å². The van der Waals surface area contributed by atoms with Gasteiger partial charge in [0.05, 0.1) is 18.0 Å². The Morgan fingerprint density at radius 3 is 3.05 bits per heavy atom. The summed E-state index contributed by atoms with van der Waals surface area (Å²) in [6.07, 6.45) is 7.56. The van der Waals surface area contributed by atoms with Crippen molar-refractivity contribution in [1.82, 2.24) is 9.55 Å². The lowest BCUT2D eigenvalue weighted by Gasteiger charge is -2.20. The third-order valence-electron chi connectivity index (χ3n) is 3.69. The standard InChI is InChI=1S/C17H18N2O2/c1-3-5-12-6-8-14-13(10-12)7-9-15-16(17(20)21-4-2)18-11-19(14)15/h3,5-6,8,10-11H,4,7,9H2,1-2H3. The SMILES string of the molecule is CC=Cc1ccc2c(c1)CCc1c(C(=O)OCC)ncn1-2. The van der Waals surface area contributed by atoms with Gasteiger partial charge in [0.1, 0.15) is 6.33 Å². The number of fused-ring (bicyclic) bond motifs is 3. The number of imidazole rings is 1. The van der Waals surface area contributed by atoms with Gasteiger partial charge in [0.15, 0.2) is 5.69 Å². The summed E-state index contributed by atoms with van der Waals surface area (Å²) in [5.74, 6) is -0.333. The fraction of sp³-hybridized carbons (Fsp3) is 0.294. The number of aromatic nitrogens is 2. The maximum Gasteiger partial charge on any atom is 0.358 e. The number of carbonyl (C=O) groups excluding carboxylic acids is 1. The van der Waals surface area contributed by atoms with Gasteiger partial charge < -0.3 is 9.30 Å². The second kappa shape index (κ2) is 5.56. The maximum atomic E-state index is 11.9. The molecule has 1 aliphatic rings. The molecule has 0 N–H and O–H groups in total. The van der Waals surface area contributed by atoms with Crippen molar-refractivity contribution >= 4 is 12.0 Å². The molecule has 0 aliphatic carbocycles. The molecule has 108 valence electrons. The van der Waals surface area contributed by atoms with E-state index in [-0.39, 0.29) is 5.97 Å². The van der Waals surface area contributed by atoms with Crippen molar-refractivity contribution in [2.24, 2.45) is 0 Å². The molecule has 0 radical (unpaired) electrons. The number of ether oxygens (including phenoxy) is 1. The molecule has 0 saturated carbocycles. The van der Waals surface area contributed by atoms with Crippen molar-refractivity contribution in [2.75, 3.05) is 6.61 Å². The fourth-order valence-electron chi connectivity index (χ4n) is 2.78. The van der Waals surface area contributed by atoms with E-state index in [4.69, 9.17) is 4.74 Å². The average Bonchev–Trinajstić information content (AvgIpc) is 2.92. The Bertz CT molecular complexity index is 714. The van der Waals surface area contributed by atoms with E-state index < -0.39 is 0 Å². The Morgan fingerprint density at radius 2 is 2.29 bits per heavy atom. The van der Waals surface area contributed by atoms with Crippen LogP contribution in [0.3, 0.4) is 0 Å². The summed E-state index contributed by atoms with van der Waals surface area (Å²) in [6.45, 7) is 4.19. The molecule has 1 aromatic carbocycles. The first-order valence-electron chi connectivity index (χ1n) is 7.24. The highest BCUT2D eigenvalue weighted by Gasteiger charge is 2.24. The lowest BCUT2D eigenvalue weighted by Crippen LogP contribution is -2.15. The third-order valence-corrected chi connectivity index (χ3v) is 3.69. The topological polar surface area (TPSA) is 44.1 Å². The molecule has 1 aliphatic heterocycles. The number of hydrogen-bond donors (Lipinski definition) is 0. The Kier molecular flexibility index (Phi) is 3.60. The number of rotatable bonds is 3. The lowest BCUT2D eigenvalue weighted by atomic mass is 9.98. The highest BCUT2D eigenvalue weighted by molar-refractivity contribution is 5.89. The lowest BCUT2D eigenvalue weighted by molar-refractivity contribution is 0.0518. The van der Waals surface area contributed by atoms with Gasteiger partial charge in [-0.2, -0.15) is 0 Å². The van der Waals surface area contributed by atoms with Crippen LogP contribution in [0.15, 0.2) is 30.6 Å². The molecule has 0 bridgehead atoms. The first-order chi connectivity index (χ1) is 10.2. The quantitative estimate of drug-likeness (QED) is 0.812. The summed E-state index contributed by atoms with van der Waals surface area (Å²) in [5.41, 5.74) is 4.98. The number of aryl methyl sites for hydroxylation is 1. The van der Waals surface area contributed by atoms with Crippen molar-refractivity contribution < 1.29 is 9.53 Å². The molecule has 2 heterocycles. The van der Waals surface area contributed by atoms with Gasteiger partial charge >= 0.3 is 5.97 Å². The Balaban J connectivity index is 2.02. The largest absolute Gasteiger partial charge is 0.461 e. The van der Waals surface area contributed by atoms with Crippen molar-refractivity contribution in [3.63, 3.8) is 0 Å². The Hall–Kier alpha value is -2.36. The number of carbonyl (C=O) groups is 1. The van der Waals surface area contributed by atoms with E-state index in [0.29, 0.717) is 12.3 Å². The van der Waals surface area contributed by atoms with Crippen LogP contribution in [-0.2, 0) is 17.6 Å². The monoisotopic (exact) mass is 282 g/mol. The van der Waals surface area contributed by atoms with Crippen molar-refractivity contribution in [3.8, 4) is 5.69 Å². The van der Waals surface area contributed by atoms with Crippen molar-refractivity contribution in [3.05, 3.63) is 53.1 Å². The van der Waals surface area contributed by atoms with Crippen LogP contribution in [0.5, 0.6) is 0 Å². The summed E-state index contributed by atoms with van der Waals surface area (Å²) >= 11 is 0. The number of benzene rings is 1. The van der Waals surface area contributed by atoms with Crippen LogP contribution in [0.1, 0.15) is 41.2 Å². The molecule has 1 aromatic heterocycles. The van der Waals surface area contributed by atoms with E-state index in [0.717, 1.165) is 24.2 Å². The van der Waals surface area contributed by atoms with Crippen molar-refractivity contribution in [1.29, 1.82) is 0 Å². The van der Waals surface area contributed by atoms with Gasteiger partial charge in [-0.3, -0.25) is 0 Å². The van der Waals surface area contributed by atoms with Gasteiger partial charge in [-0.05, 0) is 49.9 Å². The normalized spacial score (nSPS) is 13.0. The zero-order valence-electron chi connectivity index (χ0n) is 12.3. The molecule has 0 atom stereocenters. The maximum absolute atomic E-state index is 11.9. The molecule has 0 amide bonds. The van der Waals surface area contributed by atoms with Gasteiger partial charge in [0, 0.05) is 0 Å². The third kappa shape index (κ3) is 2.37. The number of hydrogen-bond acceptors (Lipinski definition) is 3. The Morgan fingerprint density at radius 1 is 1.43 bits per heavy atom. The zero-order valence-corrected chi connectivity index (χ0v) is 12.3. The van der Waals surface area contributed by atoms with Crippen LogP contribution in [-0.4, -0.2) is 22.1 Å². The number of nitrogens with zero attached hydrogens (tertiary/aromatic N) is 2. The molecule has 3 rings (SSSR count). The Labute approximate surface area is 124 Å². The highest BCUT2D eigenvalue weighted by atomic mass is 16.5. The van der Waals surface area contributed by atoms with E-state index >= 15 is 0 Å². The van der Waals surface area contributed by atoms with Crippen LogP contribution in [0.4, 0.5) is 0 Å². The minimum absolute atomic E-state index is 0.333. The molecular formula is C17H18N2O2. The number of allylic oxidation sites excluding steroid dienone is 1. The van der Waals surface area contributed by atoms with E-state index in [1.165, 1.54) is 11.1 Å². The van der Waals surface area contributed by atoms with E-state index in [2.05, 4.69) is 29.3 Å². The molecular weight excluding hydrogens is 264 g/mol. The zero-order chi connectivity index (χ0) is 14.8. The molecule has 0 fully saturated rings. The van der Waals surface area contributed by atoms with E-state index in [9.17, 15) is 4.79 Å². The predicted molar refractivity (Wildman–Crippen MR) is 81.6 cm³/mol. The van der Waals surface area contributed by atoms with Gasteiger partial charge in [-0.1, -0.05) is 18.2 Å². The van der Waals surface area contributed by atoms with E-state index in [1.807, 2.05) is 17.6 Å². The van der Waals surface area contributed by atoms with Gasteiger partial charge in [-0.25, -0.2) is 9.78 Å². The van der Waals surface area contributed by atoms with Gasteiger partial charge in [0.2, 0.25) is 0 Å². The van der Waals surface area contributed by atoms with Crippen LogP contribution < -0.4 is 0 Å². The van der Waals surface area contributed by atoms with Crippen LogP contribution >= 0.6 is 0 Å². The first-order valence-corrected chi connectivity index (χ1v) is 7.24. The predicted octanol–water partition coefficient (Wildman–Crippen LogP) is 3.18. The van der Waals surface area contributed by atoms with Gasteiger partial charge in [-0.15, -0.1) is 0 Å². The highest BCUT2D eigenvalue weighted by Crippen LogP contribution is 2.28. The van der Waals surface area contributed by atoms with E-state index in [1.54, 1.807) is 13.3 Å². The summed E-state index contributed by atoms with van der Waals surface area (Å²) in [4.78, 5) is 16.2. The molecule has 21 heavy (non-hydrogen) atoms. The molecule has 4 nitrogen and oxygen atoms in total. The average molecular weight is 282 g/mol. The molecule has 0 spiro atoms. The summed E-state index contributed by atoms with van der Waals surface area (Å²) in [6, 6.07) is 6.37. The molecule has 2 aromatic rings. The second-order valence-corrected chi connectivity index (χ2v) is 5.02. The van der Waals surface area contributed by atoms with Crippen LogP contribution in [0.25, 0.3) is 11.8 Å². The number of esters is 1. The molecule has 0 unspecified atom stereocenters. The fourth-order valence-corrected chi connectivity index (χ4v) is 2.78. The first kappa shape index (κ1) is 13.6. The smallest absolute Gasteiger partial charge is 0.358 e. The summed E-state index contributed by atoms with van der Waals surface area (Å²) in [5, 5.41) is 0. The molecule has 4 heteroatoms.